The Balaban J connectivity index is 1.99. The molecule has 1 unspecified atom stereocenters. The predicted molar refractivity (Wildman–Crippen MR) is 53.8 cm³/mol. The molecule has 0 aliphatic carbocycles. The van der Waals surface area contributed by atoms with Gasteiger partial charge in [0.2, 0.25) is 0 Å². The zero-order valence-electron chi connectivity index (χ0n) is 7.85. The van der Waals surface area contributed by atoms with E-state index in [2.05, 4.69) is 0 Å². The average molecular weight is 188 g/mol. The average Bonchev–Trinajstić information content (AvgIpc) is 2.19. The highest BCUT2D eigenvalue weighted by atomic mass is 16.5. The minimum absolute atomic E-state index is 0.00917. The molecule has 72 valence electrons. The number of ether oxygens (including phenoxy) is 1. The molecule has 2 nitrogen and oxygen atoms in total. The van der Waals surface area contributed by atoms with Crippen molar-refractivity contribution < 1.29 is 9.53 Å². The van der Waals surface area contributed by atoms with Gasteiger partial charge in [0.05, 0.1) is 6.26 Å². The fraction of sp³-hybridized carbons (Fsp3) is 0.250. The van der Waals surface area contributed by atoms with Gasteiger partial charge in [0.15, 0.2) is 5.78 Å². The van der Waals surface area contributed by atoms with Gasteiger partial charge in [-0.25, -0.2) is 0 Å². The lowest BCUT2D eigenvalue weighted by molar-refractivity contribution is -0.117. The molecule has 14 heavy (non-hydrogen) atoms. The van der Waals surface area contributed by atoms with E-state index in [1.807, 2.05) is 30.3 Å². The largest absolute Gasteiger partial charge is 0.497 e. The van der Waals surface area contributed by atoms with Gasteiger partial charge < -0.3 is 4.74 Å². The number of carbonyl (C=O) groups is 1. The molecule has 1 atom stereocenters. The first-order valence-corrected chi connectivity index (χ1v) is 4.73. The molecule has 1 aromatic rings. The molecule has 2 heteroatoms. The van der Waals surface area contributed by atoms with Crippen LogP contribution in [0, 0.1) is 0 Å². The molecule has 0 spiro atoms. The summed E-state index contributed by atoms with van der Waals surface area (Å²) in [7, 11) is 0. The Kier molecular flexibility index (Phi) is 2.63. The maximum atomic E-state index is 11.1. The van der Waals surface area contributed by atoms with E-state index in [0.717, 1.165) is 6.42 Å². The first kappa shape index (κ1) is 9.00. The van der Waals surface area contributed by atoms with Crippen LogP contribution in [-0.4, -0.2) is 11.9 Å². The molecule has 0 fully saturated rings. The first-order valence-electron chi connectivity index (χ1n) is 4.73. The highest BCUT2D eigenvalue weighted by molar-refractivity contribution is 5.90. The Morgan fingerprint density at radius 2 is 2.07 bits per heavy atom. The van der Waals surface area contributed by atoms with E-state index in [4.69, 9.17) is 4.74 Å². The van der Waals surface area contributed by atoms with Crippen LogP contribution in [0.2, 0.25) is 0 Å². The van der Waals surface area contributed by atoms with Crippen molar-refractivity contribution in [3.63, 3.8) is 0 Å². The molecule has 0 saturated carbocycles. The monoisotopic (exact) mass is 188 g/mol. The maximum absolute atomic E-state index is 11.1. The summed E-state index contributed by atoms with van der Waals surface area (Å²) in [5.41, 5.74) is 1.21. The van der Waals surface area contributed by atoms with Gasteiger partial charge in [0, 0.05) is 18.9 Å². The summed E-state index contributed by atoms with van der Waals surface area (Å²) in [5.74, 6) is 0.150. The number of carbonyl (C=O) groups excluding carboxylic acids is 1. The Bertz CT molecular complexity index is 341. The van der Waals surface area contributed by atoms with Crippen LogP contribution in [0.1, 0.15) is 12.0 Å². The summed E-state index contributed by atoms with van der Waals surface area (Å²) in [5, 5.41) is 0. The van der Waals surface area contributed by atoms with Crippen LogP contribution in [-0.2, 0) is 16.0 Å². The fourth-order valence-electron chi connectivity index (χ4n) is 1.56. The second-order valence-electron chi connectivity index (χ2n) is 3.42. The first-order chi connectivity index (χ1) is 6.84. The van der Waals surface area contributed by atoms with Crippen molar-refractivity contribution in [1.82, 2.24) is 0 Å². The molecule has 0 radical (unpaired) electrons. The maximum Gasteiger partial charge on any atom is 0.162 e. The van der Waals surface area contributed by atoms with Gasteiger partial charge in [-0.3, -0.25) is 4.79 Å². The van der Waals surface area contributed by atoms with Crippen LogP contribution in [0.25, 0.3) is 0 Å². The lowest BCUT2D eigenvalue weighted by atomic mass is 10.0. The zero-order chi connectivity index (χ0) is 9.80. The van der Waals surface area contributed by atoms with E-state index in [1.54, 1.807) is 0 Å². The van der Waals surface area contributed by atoms with E-state index in [9.17, 15) is 4.79 Å². The number of allylic oxidation sites excluding steroid dienone is 1. The number of hydrogen-bond acceptors (Lipinski definition) is 2. The molecule has 1 aromatic carbocycles. The van der Waals surface area contributed by atoms with Crippen molar-refractivity contribution in [2.24, 2.45) is 0 Å². The van der Waals surface area contributed by atoms with Crippen LogP contribution >= 0.6 is 0 Å². The molecule has 2 rings (SSSR count). The SMILES string of the molecule is O=C1C=COC(Cc2ccccc2)C1. The third-order valence-corrected chi connectivity index (χ3v) is 2.26. The van der Waals surface area contributed by atoms with Gasteiger partial charge >= 0.3 is 0 Å². The van der Waals surface area contributed by atoms with Gasteiger partial charge in [-0.1, -0.05) is 30.3 Å². The van der Waals surface area contributed by atoms with Crippen molar-refractivity contribution in [3.8, 4) is 0 Å². The van der Waals surface area contributed by atoms with E-state index < -0.39 is 0 Å². The van der Waals surface area contributed by atoms with E-state index in [1.165, 1.54) is 17.9 Å². The topological polar surface area (TPSA) is 26.3 Å². The van der Waals surface area contributed by atoms with Gasteiger partial charge in [-0.15, -0.1) is 0 Å². The second kappa shape index (κ2) is 4.09. The van der Waals surface area contributed by atoms with E-state index in [0.29, 0.717) is 6.42 Å². The lowest BCUT2D eigenvalue weighted by Crippen LogP contribution is -2.20. The predicted octanol–water partition coefficient (Wildman–Crippen LogP) is 2.10. The normalized spacial score (nSPS) is 20.6. The van der Waals surface area contributed by atoms with Crippen molar-refractivity contribution in [2.45, 2.75) is 18.9 Å². The highest BCUT2D eigenvalue weighted by Gasteiger charge is 2.16. The van der Waals surface area contributed by atoms with Gasteiger partial charge in [0.1, 0.15) is 6.10 Å². The van der Waals surface area contributed by atoms with Crippen LogP contribution in [0.3, 0.4) is 0 Å². The van der Waals surface area contributed by atoms with Crippen LogP contribution in [0.15, 0.2) is 42.7 Å². The summed E-state index contributed by atoms with van der Waals surface area (Å²) >= 11 is 0. The number of benzene rings is 1. The molecule has 0 amide bonds. The molecule has 0 N–H and O–H groups in total. The molecule has 0 bridgehead atoms. The summed E-state index contributed by atoms with van der Waals surface area (Å²) in [6, 6.07) is 10.1. The Hall–Kier alpha value is -1.57. The third kappa shape index (κ3) is 2.22. The Morgan fingerprint density at radius 1 is 1.29 bits per heavy atom. The van der Waals surface area contributed by atoms with Crippen molar-refractivity contribution in [3.05, 3.63) is 48.2 Å². The van der Waals surface area contributed by atoms with Crippen molar-refractivity contribution >= 4 is 5.78 Å². The number of rotatable bonds is 2. The van der Waals surface area contributed by atoms with Crippen molar-refractivity contribution in [2.75, 3.05) is 0 Å². The number of ketones is 1. The van der Waals surface area contributed by atoms with Crippen LogP contribution in [0.5, 0.6) is 0 Å². The Morgan fingerprint density at radius 3 is 2.79 bits per heavy atom. The summed E-state index contributed by atoms with van der Waals surface area (Å²) in [4.78, 5) is 11.1. The zero-order valence-corrected chi connectivity index (χ0v) is 7.85. The molecule has 1 aliphatic rings. The summed E-state index contributed by atoms with van der Waals surface area (Å²) < 4.78 is 5.35. The molecule has 0 aromatic heterocycles. The van der Waals surface area contributed by atoms with Gasteiger partial charge in [0.25, 0.3) is 0 Å². The van der Waals surface area contributed by atoms with Gasteiger partial charge in [-0.2, -0.15) is 0 Å². The molecule has 1 aliphatic heterocycles. The molecule has 1 heterocycles. The smallest absolute Gasteiger partial charge is 0.162 e. The lowest BCUT2D eigenvalue weighted by Gasteiger charge is -2.18. The summed E-state index contributed by atoms with van der Waals surface area (Å²) in [6.07, 6.45) is 4.29. The minimum atomic E-state index is 0.00917. The standard InChI is InChI=1S/C12H12O2/c13-11-6-7-14-12(9-11)8-10-4-2-1-3-5-10/h1-7,12H,8-9H2. The molecule has 0 saturated heterocycles. The third-order valence-electron chi connectivity index (χ3n) is 2.26. The Labute approximate surface area is 83.2 Å². The van der Waals surface area contributed by atoms with Crippen LogP contribution in [0.4, 0.5) is 0 Å². The van der Waals surface area contributed by atoms with E-state index >= 15 is 0 Å². The minimum Gasteiger partial charge on any atom is -0.497 e. The fourth-order valence-corrected chi connectivity index (χ4v) is 1.56. The quantitative estimate of drug-likeness (QED) is 0.710. The van der Waals surface area contributed by atoms with E-state index in [-0.39, 0.29) is 11.9 Å². The number of hydrogen-bond donors (Lipinski definition) is 0. The second-order valence-corrected chi connectivity index (χ2v) is 3.42. The highest BCUT2D eigenvalue weighted by Crippen LogP contribution is 2.13. The molecular weight excluding hydrogens is 176 g/mol. The molecular formula is C12H12O2. The van der Waals surface area contributed by atoms with Crippen LogP contribution < -0.4 is 0 Å². The van der Waals surface area contributed by atoms with Gasteiger partial charge in [-0.05, 0) is 5.56 Å². The summed E-state index contributed by atoms with van der Waals surface area (Å²) in [6.45, 7) is 0. The van der Waals surface area contributed by atoms with Crippen molar-refractivity contribution in [1.29, 1.82) is 0 Å².